The van der Waals surface area contributed by atoms with Crippen LogP contribution in [0.3, 0.4) is 0 Å². The summed E-state index contributed by atoms with van der Waals surface area (Å²) >= 11 is 1.66. The highest BCUT2D eigenvalue weighted by Crippen LogP contribution is 2.22. The minimum absolute atomic E-state index is 0.0517. The van der Waals surface area contributed by atoms with Crippen LogP contribution in [-0.2, 0) is 4.79 Å². The third kappa shape index (κ3) is 5.76. The first-order valence-corrected chi connectivity index (χ1v) is 10.3. The fourth-order valence-corrected chi connectivity index (χ4v) is 3.92. The highest BCUT2D eigenvalue weighted by molar-refractivity contribution is 7.10. The van der Waals surface area contributed by atoms with E-state index in [0.29, 0.717) is 12.1 Å². The molecule has 2 aromatic carbocycles. The highest BCUT2D eigenvalue weighted by atomic mass is 32.1. The number of nitrogens with zero attached hydrogens (tertiary/aromatic N) is 1. The molecule has 2 N–H and O–H groups in total. The summed E-state index contributed by atoms with van der Waals surface area (Å²) < 4.78 is 0. The summed E-state index contributed by atoms with van der Waals surface area (Å²) in [5, 5.41) is 7.61. The zero-order valence-electron chi connectivity index (χ0n) is 16.6. The maximum absolute atomic E-state index is 12.3. The second kappa shape index (κ2) is 10.0. The predicted molar refractivity (Wildman–Crippen MR) is 118 cm³/mol. The third-order valence-electron chi connectivity index (χ3n) is 4.65. The molecule has 0 spiro atoms. The van der Waals surface area contributed by atoms with E-state index in [2.05, 4.69) is 21.6 Å². The van der Waals surface area contributed by atoms with Crippen molar-refractivity contribution in [3.63, 3.8) is 0 Å². The number of nitrogens with one attached hydrogen (secondary N) is 2. The van der Waals surface area contributed by atoms with Gasteiger partial charge in [-0.15, -0.1) is 11.3 Å². The summed E-state index contributed by atoms with van der Waals surface area (Å²) in [5.41, 5.74) is 2.67. The van der Waals surface area contributed by atoms with Crippen molar-refractivity contribution in [2.24, 2.45) is 0 Å². The van der Waals surface area contributed by atoms with Crippen molar-refractivity contribution in [2.75, 3.05) is 27.2 Å². The lowest BCUT2D eigenvalue weighted by atomic mass is 10.0. The molecule has 1 atom stereocenters. The fourth-order valence-electron chi connectivity index (χ4n) is 3.00. The second-order valence-corrected chi connectivity index (χ2v) is 7.90. The van der Waals surface area contributed by atoms with Gasteiger partial charge in [0.25, 0.3) is 5.91 Å². The van der Waals surface area contributed by atoms with Gasteiger partial charge in [0.15, 0.2) is 0 Å². The molecule has 0 saturated carbocycles. The van der Waals surface area contributed by atoms with Crippen molar-refractivity contribution < 1.29 is 9.59 Å². The summed E-state index contributed by atoms with van der Waals surface area (Å²) in [6, 6.07) is 21.5. The van der Waals surface area contributed by atoms with Gasteiger partial charge in [0.2, 0.25) is 5.91 Å². The molecule has 5 nitrogen and oxygen atoms in total. The van der Waals surface area contributed by atoms with E-state index in [0.717, 1.165) is 11.1 Å². The molecular formula is C23H25N3O2S. The number of carbonyl (C=O) groups excluding carboxylic acids is 2. The van der Waals surface area contributed by atoms with Crippen LogP contribution in [0, 0.1) is 0 Å². The SMILES string of the molecule is CN(C)[C@H](CNC(=O)CNC(=O)c1ccc(-c2ccccc2)cc1)c1cccs1. The van der Waals surface area contributed by atoms with Gasteiger partial charge in [0.05, 0.1) is 12.6 Å². The molecule has 1 aromatic heterocycles. The Labute approximate surface area is 175 Å². The number of hydrogen-bond acceptors (Lipinski definition) is 4. The number of amides is 2. The molecule has 0 aliphatic heterocycles. The van der Waals surface area contributed by atoms with E-state index in [4.69, 9.17) is 0 Å². The van der Waals surface area contributed by atoms with Gasteiger partial charge in [-0.25, -0.2) is 0 Å². The summed E-state index contributed by atoms with van der Waals surface area (Å²) in [4.78, 5) is 27.8. The average molecular weight is 408 g/mol. The highest BCUT2D eigenvalue weighted by Gasteiger charge is 2.16. The van der Waals surface area contributed by atoms with E-state index >= 15 is 0 Å². The Balaban J connectivity index is 1.49. The maximum Gasteiger partial charge on any atom is 0.251 e. The number of benzene rings is 2. The first kappa shape index (κ1) is 20.8. The topological polar surface area (TPSA) is 61.4 Å². The van der Waals surface area contributed by atoms with Gasteiger partial charge in [-0.3, -0.25) is 9.59 Å². The monoisotopic (exact) mass is 407 g/mol. The molecule has 29 heavy (non-hydrogen) atoms. The number of hydrogen-bond donors (Lipinski definition) is 2. The van der Waals surface area contributed by atoms with Crippen LogP contribution in [0.1, 0.15) is 21.3 Å². The van der Waals surface area contributed by atoms with Gasteiger partial charge in [-0.1, -0.05) is 48.5 Å². The molecule has 2 amide bonds. The minimum Gasteiger partial charge on any atom is -0.353 e. The van der Waals surface area contributed by atoms with Gasteiger partial charge in [0, 0.05) is 17.0 Å². The van der Waals surface area contributed by atoms with E-state index in [1.807, 2.05) is 68.0 Å². The van der Waals surface area contributed by atoms with Gasteiger partial charge in [0.1, 0.15) is 0 Å². The molecule has 3 aromatic rings. The summed E-state index contributed by atoms with van der Waals surface area (Å²) in [6.07, 6.45) is 0. The minimum atomic E-state index is -0.262. The summed E-state index contributed by atoms with van der Waals surface area (Å²) in [6.45, 7) is 0.442. The number of rotatable bonds is 8. The molecule has 0 saturated heterocycles. The Morgan fingerprint density at radius 1 is 0.897 bits per heavy atom. The van der Waals surface area contributed by atoms with Crippen molar-refractivity contribution in [3.05, 3.63) is 82.6 Å². The Hall–Kier alpha value is -2.96. The van der Waals surface area contributed by atoms with Crippen LogP contribution in [0.15, 0.2) is 72.1 Å². The molecule has 0 radical (unpaired) electrons. The first-order chi connectivity index (χ1) is 14.0. The molecule has 6 heteroatoms. The van der Waals surface area contributed by atoms with Crippen LogP contribution in [0.2, 0.25) is 0 Å². The van der Waals surface area contributed by atoms with Crippen molar-refractivity contribution in [3.8, 4) is 11.1 Å². The van der Waals surface area contributed by atoms with E-state index < -0.39 is 0 Å². The van der Waals surface area contributed by atoms with Gasteiger partial charge in [-0.2, -0.15) is 0 Å². The molecule has 150 valence electrons. The van der Waals surface area contributed by atoms with E-state index in [-0.39, 0.29) is 24.4 Å². The molecule has 0 aliphatic carbocycles. The van der Waals surface area contributed by atoms with E-state index in [1.54, 1.807) is 23.5 Å². The Morgan fingerprint density at radius 2 is 1.59 bits per heavy atom. The maximum atomic E-state index is 12.3. The van der Waals surface area contributed by atoms with Gasteiger partial charge in [-0.05, 0) is 48.8 Å². The van der Waals surface area contributed by atoms with E-state index in [1.165, 1.54) is 4.88 Å². The third-order valence-corrected chi connectivity index (χ3v) is 5.62. The Bertz CT molecular complexity index is 923. The van der Waals surface area contributed by atoms with Crippen LogP contribution in [0.5, 0.6) is 0 Å². The van der Waals surface area contributed by atoms with Crippen molar-refractivity contribution in [1.29, 1.82) is 0 Å². The molecular weight excluding hydrogens is 382 g/mol. The average Bonchev–Trinajstić information content (AvgIpc) is 3.27. The summed E-state index contributed by atoms with van der Waals surface area (Å²) in [7, 11) is 3.97. The lowest BCUT2D eigenvalue weighted by Crippen LogP contribution is -2.40. The smallest absolute Gasteiger partial charge is 0.251 e. The molecule has 1 heterocycles. The van der Waals surface area contributed by atoms with E-state index in [9.17, 15) is 9.59 Å². The Kier molecular flexibility index (Phi) is 7.16. The lowest BCUT2D eigenvalue weighted by Gasteiger charge is -2.23. The largest absolute Gasteiger partial charge is 0.353 e. The van der Waals surface area contributed by atoms with Crippen LogP contribution < -0.4 is 10.6 Å². The second-order valence-electron chi connectivity index (χ2n) is 6.92. The number of likely N-dealkylation sites (N-methyl/N-ethyl adjacent to an activating group) is 1. The van der Waals surface area contributed by atoms with Crippen molar-refractivity contribution >= 4 is 23.2 Å². The standard InChI is InChI=1S/C23H25N3O2S/c1-26(2)20(21-9-6-14-29-21)15-24-22(27)16-25-23(28)19-12-10-18(11-13-19)17-7-4-3-5-8-17/h3-14,20H,15-16H2,1-2H3,(H,24,27)(H,25,28)/t20-/m1/s1. The molecule has 0 fully saturated rings. The first-order valence-electron chi connectivity index (χ1n) is 9.45. The quantitative estimate of drug-likeness (QED) is 0.600. The van der Waals surface area contributed by atoms with Crippen molar-refractivity contribution in [1.82, 2.24) is 15.5 Å². The fraction of sp³-hybridized carbons (Fsp3) is 0.217. The zero-order valence-corrected chi connectivity index (χ0v) is 17.4. The predicted octanol–water partition coefficient (Wildman–Crippen LogP) is 3.56. The normalized spacial score (nSPS) is 11.8. The van der Waals surface area contributed by atoms with Crippen molar-refractivity contribution in [2.45, 2.75) is 6.04 Å². The van der Waals surface area contributed by atoms with Gasteiger partial charge >= 0.3 is 0 Å². The molecule has 3 rings (SSSR count). The lowest BCUT2D eigenvalue weighted by molar-refractivity contribution is -0.120. The Morgan fingerprint density at radius 3 is 2.21 bits per heavy atom. The number of thiophene rings is 1. The number of carbonyl (C=O) groups is 2. The molecule has 0 aliphatic rings. The van der Waals surface area contributed by atoms with Crippen LogP contribution >= 0.6 is 11.3 Å². The van der Waals surface area contributed by atoms with Crippen LogP contribution in [0.4, 0.5) is 0 Å². The van der Waals surface area contributed by atoms with Crippen LogP contribution in [0.25, 0.3) is 11.1 Å². The summed E-state index contributed by atoms with van der Waals surface area (Å²) in [5.74, 6) is -0.468. The zero-order chi connectivity index (χ0) is 20.6. The molecule has 0 bridgehead atoms. The van der Waals surface area contributed by atoms with Crippen LogP contribution in [-0.4, -0.2) is 43.9 Å². The molecule has 0 unspecified atom stereocenters. The van der Waals surface area contributed by atoms with Gasteiger partial charge < -0.3 is 15.5 Å².